The third kappa shape index (κ3) is 4.14. The number of anilines is 2. The van der Waals surface area contributed by atoms with E-state index in [1.807, 2.05) is 23.6 Å². The molecule has 8 heteroatoms. The second kappa shape index (κ2) is 7.90. The Morgan fingerprint density at radius 3 is 2.54 bits per heavy atom. The summed E-state index contributed by atoms with van der Waals surface area (Å²) in [7, 11) is 0. The van der Waals surface area contributed by atoms with E-state index in [4.69, 9.17) is 0 Å². The number of nitrogens with one attached hydrogen (secondary N) is 1. The number of carbonyl (C=O) groups is 2. The largest absolute Gasteiger partial charge is 0.352 e. The minimum absolute atomic E-state index is 0.0000357. The van der Waals surface area contributed by atoms with Gasteiger partial charge in [0.2, 0.25) is 5.91 Å². The Balaban J connectivity index is 1.65. The summed E-state index contributed by atoms with van der Waals surface area (Å²) in [5.74, 6) is 0.909. The molecule has 1 aliphatic rings. The van der Waals surface area contributed by atoms with Crippen molar-refractivity contribution in [3.63, 3.8) is 0 Å². The van der Waals surface area contributed by atoms with E-state index >= 15 is 0 Å². The van der Waals surface area contributed by atoms with Gasteiger partial charge in [-0.25, -0.2) is 9.97 Å². The lowest BCUT2D eigenvalue weighted by Crippen LogP contribution is -2.50. The Kier molecular flexibility index (Phi) is 5.40. The zero-order valence-electron chi connectivity index (χ0n) is 14.9. The Hall–Kier alpha value is -3.03. The van der Waals surface area contributed by atoms with Crippen molar-refractivity contribution in [3.8, 4) is 0 Å². The first kappa shape index (κ1) is 17.8. The maximum atomic E-state index is 12.3. The molecule has 3 heterocycles. The number of carbonyl (C=O) groups excluding carboxylic acids is 2. The average molecular weight is 354 g/mol. The van der Waals surface area contributed by atoms with E-state index in [1.54, 1.807) is 30.6 Å². The molecule has 2 amide bonds. The van der Waals surface area contributed by atoms with Gasteiger partial charge in [-0.3, -0.25) is 14.6 Å². The van der Waals surface area contributed by atoms with Crippen molar-refractivity contribution in [1.29, 1.82) is 0 Å². The van der Waals surface area contributed by atoms with Crippen LogP contribution in [0.4, 0.5) is 11.6 Å². The van der Waals surface area contributed by atoms with Crippen LogP contribution in [0, 0.1) is 5.92 Å². The Morgan fingerprint density at radius 2 is 1.88 bits per heavy atom. The van der Waals surface area contributed by atoms with Gasteiger partial charge < -0.3 is 15.1 Å². The summed E-state index contributed by atoms with van der Waals surface area (Å²) in [5, 5.41) is 2.70. The Morgan fingerprint density at radius 1 is 1.12 bits per heavy atom. The molecule has 1 fully saturated rings. The van der Waals surface area contributed by atoms with E-state index in [1.165, 1.54) is 6.20 Å². The van der Waals surface area contributed by atoms with Crippen molar-refractivity contribution in [2.24, 2.45) is 5.92 Å². The Labute approximate surface area is 152 Å². The fraction of sp³-hybridized carbons (Fsp3) is 0.389. The molecule has 2 aromatic heterocycles. The van der Waals surface area contributed by atoms with Crippen LogP contribution in [0.25, 0.3) is 0 Å². The third-order valence-electron chi connectivity index (χ3n) is 4.17. The molecule has 1 saturated heterocycles. The molecular weight excluding hydrogens is 332 g/mol. The van der Waals surface area contributed by atoms with Gasteiger partial charge in [0.15, 0.2) is 0 Å². The lowest BCUT2D eigenvalue weighted by atomic mass is 10.1. The van der Waals surface area contributed by atoms with Crippen LogP contribution in [0.15, 0.2) is 36.8 Å². The lowest BCUT2D eigenvalue weighted by Gasteiger charge is -2.36. The van der Waals surface area contributed by atoms with Crippen LogP contribution in [-0.2, 0) is 4.79 Å². The normalized spacial score (nSPS) is 14.4. The van der Waals surface area contributed by atoms with Crippen molar-refractivity contribution in [1.82, 2.24) is 19.9 Å². The monoisotopic (exact) mass is 354 g/mol. The maximum Gasteiger partial charge on any atom is 0.277 e. The molecular formula is C18H22N6O2. The predicted octanol–water partition coefficient (Wildman–Crippen LogP) is 1.43. The van der Waals surface area contributed by atoms with Gasteiger partial charge in [0.25, 0.3) is 5.91 Å². The lowest BCUT2D eigenvalue weighted by molar-refractivity contribution is -0.134. The highest BCUT2D eigenvalue weighted by Crippen LogP contribution is 2.15. The van der Waals surface area contributed by atoms with Crippen LogP contribution in [0.5, 0.6) is 0 Å². The number of pyridine rings is 1. The van der Waals surface area contributed by atoms with E-state index in [0.717, 1.165) is 0 Å². The number of rotatable bonds is 4. The SMILES string of the molecule is CC(C)C(=O)N1CCN(c2cncc(C(=O)Nc3ccccn3)n2)CC1. The molecule has 2 aromatic rings. The van der Waals surface area contributed by atoms with E-state index < -0.39 is 0 Å². The number of amides is 2. The van der Waals surface area contributed by atoms with Crippen molar-refractivity contribution < 1.29 is 9.59 Å². The van der Waals surface area contributed by atoms with Gasteiger partial charge in [0.05, 0.1) is 12.4 Å². The van der Waals surface area contributed by atoms with Crippen molar-refractivity contribution in [2.45, 2.75) is 13.8 Å². The number of nitrogens with zero attached hydrogens (tertiary/aromatic N) is 5. The van der Waals surface area contributed by atoms with E-state index in [9.17, 15) is 9.59 Å². The highest BCUT2D eigenvalue weighted by Gasteiger charge is 2.24. The standard InChI is InChI=1S/C18H22N6O2/c1-13(2)18(26)24-9-7-23(8-10-24)16-12-19-11-14(21-16)17(25)22-15-5-3-4-6-20-15/h3-6,11-13H,7-10H2,1-2H3,(H,20,22,25). The van der Waals surface area contributed by atoms with Crippen LogP contribution in [0.1, 0.15) is 24.3 Å². The number of aromatic nitrogens is 3. The van der Waals surface area contributed by atoms with E-state index in [-0.39, 0.29) is 23.4 Å². The van der Waals surface area contributed by atoms with Crippen LogP contribution < -0.4 is 10.2 Å². The van der Waals surface area contributed by atoms with Crippen molar-refractivity contribution in [2.75, 3.05) is 36.4 Å². The first-order chi connectivity index (χ1) is 12.5. The van der Waals surface area contributed by atoms with Gasteiger partial charge in [-0.05, 0) is 12.1 Å². The topological polar surface area (TPSA) is 91.3 Å². The summed E-state index contributed by atoms with van der Waals surface area (Å²) in [6.07, 6.45) is 4.67. The third-order valence-corrected chi connectivity index (χ3v) is 4.17. The van der Waals surface area contributed by atoms with E-state index in [0.29, 0.717) is 37.8 Å². The molecule has 0 spiro atoms. The Bertz CT molecular complexity index is 772. The van der Waals surface area contributed by atoms with Crippen LogP contribution in [0.3, 0.4) is 0 Å². The highest BCUT2D eigenvalue weighted by atomic mass is 16.2. The van der Waals surface area contributed by atoms with Crippen LogP contribution in [-0.4, -0.2) is 57.8 Å². The van der Waals surface area contributed by atoms with Gasteiger partial charge in [-0.15, -0.1) is 0 Å². The fourth-order valence-corrected chi connectivity index (χ4v) is 2.76. The molecule has 0 atom stereocenters. The fourth-order valence-electron chi connectivity index (χ4n) is 2.76. The molecule has 1 aliphatic heterocycles. The molecule has 8 nitrogen and oxygen atoms in total. The second-order valence-corrected chi connectivity index (χ2v) is 6.40. The molecule has 0 aromatic carbocycles. The summed E-state index contributed by atoms with van der Waals surface area (Å²) in [5.41, 5.74) is 0.230. The summed E-state index contributed by atoms with van der Waals surface area (Å²) in [6.45, 7) is 6.43. The zero-order chi connectivity index (χ0) is 18.5. The van der Waals surface area contributed by atoms with Gasteiger partial charge in [0.1, 0.15) is 17.3 Å². The molecule has 136 valence electrons. The van der Waals surface area contributed by atoms with Gasteiger partial charge >= 0.3 is 0 Å². The first-order valence-corrected chi connectivity index (χ1v) is 8.63. The summed E-state index contributed by atoms with van der Waals surface area (Å²) < 4.78 is 0. The molecule has 0 radical (unpaired) electrons. The smallest absolute Gasteiger partial charge is 0.277 e. The minimum Gasteiger partial charge on any atom is -0.352 e. The van der Waals surface area contributed by atoms with Crippen LogP contribution in [0.2, 0.25) is 0 Å². The van der Waals surface area contributed by atoms with Crippen molar-refractivity contribution in [3.05, 3.63) is 42.5 Å². The quantitative estimate of drug-likeness (QED) is 0.893. The number of hydrogen-bond acceptors (Lipinski definition) is 6. The van der Waals surface area contributed by atoms with Crippen molar-refractivity contribution >= 4 is 23.5 Å². The molecule has 3 rings (SSSR count). The highest BCUT2D eigenvalue weighted by molar-refractivity contribution is 6.02. The summed E-state index contributed by atoms with van der Waals surface area (Å²) in [6, 6.07) is 5.28. The number of hydrogen-bond donors (Lipinski definition) is 1. The zero-order valence-corrected chi connectivity index (χ0v) is 14.9. The molecule has 0 saturated carbocycles. The first-order valence-electron chi connectivity index (χ1n) is 8.63. The molecule has 0 unspecified atom stereocenters. The summed E-state index contributed by atoms with van der Waals surface area (Å²) in [4.78, 5) is 40.9. The molecule has 0 bridgehead atoms. The maximum absolute atomic E-state index is 12.3. The summed E-state index contributed by atoms with van der Waals surface area (Å²) >= 11 is 0. The molecule has 1 N–H and O–H groups in total. The number of piperazine rings is 1. The van der Waals surface area contributed by atoms with Gasteiger partial charge in [-0.1, -0.05) is 19.9 Å². The van der Waals surface area contributed by atoms with Gasteiger partial charge in [0, 0.05) is 38.3 Å². The predicted molar refractivity (Wildman–Crippen MR) is 97.9 cm³/mol. The van der Waals surface area contributed by atoms with E-state index in [2.05, 4.69) is 20.3 Å². The van der Waals surface area contributed by atoms with Gasteiger partial charge in [-0.2, -0.15) is 0 Å². The van der Waals surface area contributed by atoms with Crippen LogP contribution >= 0.6 is 0 Å². The second-order valence-electron chi connectivity index (χ2n) is 6.40. The minimum atomic E-state index is -0.355. The molecule has 26 heavy (non-hydrogen) atoms. The molecule has 0 aliphatic carbocycles. The average Bonchev–Trinajstić information content (AvgIpc) is 2.68.